The molecular weight excluding hydrogens is 619 g/mol. The van der Waals surface area contributed by atoms with E-state index in [4.69, 9.17) is 0 Å². The summed E-state index contributed by atoms with van der Waals surface area (Å²) in [5.41, 5.74) is 10.7. The van der Waals surface area contributed by atoms with Crippen LogP contribution in [0.2, 0.25) is 0 Å². The normalized spacial score (nSPS) is 16.0. The van der Waals surface area contributed by atoms with Crippen molar-refractivity contribution >= 4 is 49.0 Å². The fourth-order valence-electron chi connectivity index (χ4n) is 8.02. The van der Waals surface area contributed by atoms with Crippen molar-refractivity contribution < 1.29 is 0 Å². The average molecular weight is 654 g/mol. The van der Waals surface area contributed by atoms with E-state index in [1.807, 2.05) is 0 Å². The summed E-state index contributed by atoms with van der Waals surface area (Å²) in [5.74, 6) is 0. The van der Waals surface area contributed by atoms with Crippen molar-refractivity contribution in [1.82, 2.24) is 15.2 Å². The molecule has 10 rings (SSSR count). The fraction of sp³-hybridized carbons (Fsp3) is 0.0417. The van der Waals surface area contributed by atoms with Crippen molar-refractivity contribution in [2.24, 2.45) is 0 Å². The van der Waals surface area contributed by atoms with Crippen molar-refractivity contribution in [2.75, 3.05) is 0 Å². The minimum Gasteiger partial charge on any atom is -0.366 e. The summed E-state index contributed by atoms with van der Waals surface area (Å²) < 4.78 is 2.45. The SMILES string of the molecule is C1=C(c2cccc(-n3c4ccc5ccccc5c4c4c5ccccc5ccc43)c2)NC(c2cccc(-c3ccccc3)c2)NC1c1ccccc1. The molecule has 2 heterocycles. The van der Waals surface area contributed by atoms with Crippen LogP contribution in [0.1, 0.15) is 28.9 Å². The van der Waals surface area contributed by atoms with E-state index in [0.29, 0.717) is 0 Å². The predicted molar refractivity (Wildman–Crippen MR) is 214 cm³/mol. The van der Waals surface area contributed by atoms with Gasteiger partial charge in [0.05, 0.1) is 17.1 Å². The van der Waals surface area contributed by atoms with Crippen molar-refractivity contribution in [3.63, 3.8) is 0 Å². The van der Waals surface area contributed by atoms with Gasteiger partial charge in [0.15, 0.2) is 0 Å². The maximum atomic E-state index is 3.90. The van der Waals surface area contributed by atoms with Gasteiger partial charge in [-0.25, -0.2) is 0 Å². The molecule has 3 heteroatoms. The predicted octanol–water partition coefficient (Wildman–Crippen LogP) is 11.7. The van der Waals surface area contributed by atoms with Gasteiger partial charge in [-0.3, -0.25) is 5.32 Å². The Morgan fingerprint density at radius 1 is 0.431 bits per heavy atom. The van der Waals surface area contributed by atoms with Gasteiger partial charge in [0, 0.05) is 22.2 Å². The molecule has 51 heavy (non-hydrogen) atoms. The molecule has 0 bridgehead atoms. The third-order valence-corrected chi connectivity index (χ3v) is 10.4. The summed E-state index contributed by atoms with van der Waals surface area (Å²) in [4.78, 5) is 0. The van der Waals surface area contributed by atoms with E-state index in [2.05, 4.69) is 203 Å². The molecule has 0 aliphatic carbocycles. The summed E-state index contributed by atoms with van der Waals surface area (Å²) in [5, 5.41) is 15.5. The molecule has 2 N–H and O–H groups in total. The molecule has 0 radical (unpaired) electrons. The number of nitrogens with one attached hydrogen (secondary N) is 2. The monoisotopic (exact) mass is 653 g/mol. The molecule has 9 aromatic rings. The maximum Gasteiger partial charge on any atom is 0.104 e. The van der Waals surface area contributed by atoms with Crippen LogP contribution in [-0.2, 0) is 0 Å². The number of fused-ring (bicyclic) bond motifs is 7. The number of hydrogen-bond acceptors (Lipinski definition) is 2. The van der Waals surface area contributed by atoms with Crippen LogP contribution in [0.4, 0.5) is 0 Å². The zero-order valence-electron chi connectivity index (χ0n) is 28.0. The van der Waals surface area contributed by atoms with Crippen LogP contribution >= 0.6 is 0 Å². The largest absolute Gasteiger partial charge is 0.366 e. The molecule has 1 aliphatic heterocycles. The highest BCUT2D eigenvalue weighted by Crippen LogP contribution is 2.41. The van der Waals surface area contributed by atoms with Gasteiger partial charge >= 0.3 is 0 Å². The van der Waals surface area contributed by atoms with Crippen LogP contribution < -0.4 is 10.6 Å². The van der Waals surface area contributed by atoms with Crippen LogP contribution in [0.5, 0.6) is 0 Å². The van der Waals surface area contributed by atoms with E-state index in [1.165, 1.54) is 65.6 Å². The molecule has 2 atom stereocenters. The van der Waals surface area contributed by atoms with E-state index >= 15 is 0 Å². The summed E-state index contributed by atoms with van der Waals surface area (Å²) in [7, 11) is 0. The third kappa shape index (κ3) is 5.10. The fourth-order valence-corrected chi connectivity index (χ4v) is 8.02. The highest BCUT2D eigenvalue weighted by molar-refractivity contribution is 6.28. The van der Waals surface area contributed by atoms with E-state index in [-0.39, 0.29) is 12.2 Å². The van der Waals surface area contributed by atoms with Crippen molar-refractivity contribution in [2.45, 2.75) is 12.2 Å². The second-order valence-electron chi connectivity index (χ2n) is 13.5. The summed E-state index contributed by atoms with van der Waals surface area (Å²) in [6.07, 6.45) is 2.24. The van der Waals surface area contributed by atoms with E-state index in [0.717, 1.165) is 16.9 Å². The lowest BCUT2D eigenvalue weighted by Crippen LogP contribution is -2.39. The molecular formula is C48H35N3. The van der Waals surface area contributed by atoms with Crippen molar-refractivity contribution in [3.05, 3.63) is 205 Å². The second-order valence-corrected chi connectivity index (χ2v) is 13.5. The van der Waals surface area contributed by atoms with Crippen LogP contribution in [0.3, 0.4) is 0 Å². The second kappa shape index (κ2) is 12.2. The van der Waals surface area contributed by atoms with E-state index in [1.54, 1.807) is 0 Å². The van der Waals surface area contributed by atoms with Gasteiger partial charge in [0.1, 0.15) is 6.17 Å². The molecule has 2 unspecified atom stereocenters. The van der Waals surface area contributed by atoms with Gasteiger partial charge in [-0.15, -0.1) is 0 Å². The molecule has 0 saturated carbocycles. The van der Waals surface area contributed by atoms with Crippen LogP contribution in [-0.4, -0.2) is 4.57 Å². The van der Waals surface area contributed by atoms with Gasteiger partial charge in [-0.05, 0) is 85.8 Å². The zero-order chi connectivity index (χ0) is 33.7. The highest BCUT2D eigenvalue weighted by atomic mass is 15.2. The Kier molecular flexibility index (Phi) is 7.04. The van der Waals surface area contributed by atoms with E-state index < -0.39 is 0 Å². The maximum absolute atomic E-state index is 3.90. The number of hydrogen-bond donors (Lipinski definition) is 2. The molecule has 0 fully saturated rings. The van der Waals surface area contributed by atoms with Crippen LogP contribution in [0.25, 0.3) is 65.9 Å². The van der Waals surface area contributed by atoms with Gasteiger partial charge in [-0.1, -0.05) is 152 Å². The lowest BCUT2D eigenvalue weighted by molar-refractivity contribution is 0.443. The summed E-state index contributed by atoms with van der Waals surface area (Å²) in [6, 6.07) is 65.9. The van der Waals surface area contributed by atoms with Gasteiger partial charge in [-0.2, -0.15) is 0 Å². The lowest BCUT2D eigenvalue weighted by atomic mass is 9.97. The minimum absolute atomic E-state index is 0.0301. The average Bonchev–Trinajstić information content (AvgIpc) is 3.57. The number of rotatable bonds is 5. The molecule has 0 saturated heterocycles. The Morgan fingerprint density at radius 3 is 1.71 bits per heavy atom. The molecule has 8 aromatic carbocycles. The first-order valence-corrected chi connectivity index (χ1v) is 17.7. The Balaban J connectivity index is 1.13. The highest BCUT2D eigenvalue weighted by Gasteiger charge is 2.25. The van der Waals surface area contributed by atoms with E-state index in [9.17, 15) is 0 Å². The van der Waals surface area contributed by atoms with Crippen molar-refractivity contribution in [3.8, 4) is 16.8 Å². The topological polar surface area (TPSA) is 29.0 Å². The van der Waals surface area contributed by atoms with Crippen LogP contribution in [0.15, 0.2) is 188 Å². The number of nitrogens with zero attached hydrogens (tertiary/aromatic N) is 1. The molecule has 1 aromatic heterocycles. The zero-order valence-corrected chi connectivity index (χ0v) is 28.0. The number of aromatic nitrogens is 1. The Morgan fingerprint density at radius 2 is 1.00 bits per heavy atom. The molecule has 0 spiro atoms. The third-order valence-electron chi connectivity index (χ3n) is 10.4. The van der Waals surface area contributed by atoms with Crippen molar-refractivity contribution in [1.29, 1.82) is 0 Å². The Labute approximate surface area is 297 Å². The molecule has 1 aliphatic rings. The molecule has 242 valence electrons. The van der Waals surface area contributed by atoms with Crippen LogP contribution in [0, 0.1) is 0 Å². The van der Waals surface area contributed by atoms with Gasteiger partial charge in [0.25, 0.3) is 0 Å². The standard InChI is InChI=1S/C48H35N3/c1-3-13-32(14-4-1)36-19-11-21-38(29-36)48-49-42(35-17-5-2-6-18-35)31-43(50-48)37-20-12-22-39(30-37)51-44-27-25-33-15-7-9-23-40(33)46(44)47-41-24-10-8-16-34(41)26-28-45(47)51/h1-31,42,48-50H. The first-order chi connectivity index (χ1) is 25.3. The summed E-state index contributed by atoms with van der Waals surface area (Å²) >= 11 is 0. The first-order valence-electron chi connectivity index (χ1n) is 17.7. The first kappa shape index (κ1) is 29.5. The van der Waals surface area contributed by atoms with Gasteiger partial charge in [0.2, 0.25) is 0 Å². The number of benzene rings is 8. The minimum atomic E-state index is -0.0894. The smallest absolute Gasteiger partial charge is 0.104 e. The Bertz CT molecular complexity index is 2670. The molecule has 0 amide bonds. The van der Waals surface area contributed by atoms with Gasteiger partial charge < -0.3 is 9.88 Å². The quantitative estimate of drug-likeness (QED) is 0.194. The summed E-state index contributed by atoms with van der Waals surface area (Å²) in [6.45, 7) is 0. The molecule has 3 nitrogen and oxygen atoms in total. The Hall–Kier alpha value is -6.42. The lowest BCUT2D eigenvalue weighted by Gasteiger charge is -2.33.